The quantitative estimate of drug-likeness (QED) is 0.923. The van der Waals surface area contributed by atoms with Crippen molar-refractivity contribution < 1.29 is 0 Å². The molecule has 1 fully saturated rings. The van der Waals surface area contributed by atoms with Gasteiger partial charge in [0.15, 0.2) is 0 Å². The fraction of sp³-hybridized carbons (Fsp3) is 0.571. The van der Waals surface area contributed by atoms with E-state index in [0.717, 1.165) is 19.5 Å². The molecule has 0 bridgehead atoms. The third kappa shape index (κ3) is 3.43. The lowest BCUT2D eigenvalue weighted by Crippen LogP contribution is -2.43. The van der Waals surface area contributed by atoms with Crippen LogP contribution in [0.15, 0.2) is 22.7 Å². The van der Waals surface area contributed by atoms with Crippen LogP contribution in [0.4, 0.5) is 5.69 Å². The summed E-state index contributed by atoms with van der Waals surface area (Å²) in [6, 6.07) is 6.62. The highest BCUT2D eigenvalue weighted by Gasteiger charge is 2.27. The highest BCUT2D eigenvalue weighted by Crippen LogP contribution is 2.35. The van der Waals surface area contributed by atoms with Gasteiger partial charge in [0, 0.05) is 28.1 Å². The number of anilines is 1. The van der Waals surface area contributed by atoms with E-state index in [1.807, 2.05) is 0 Å². The van der Waals surface area contributed by atoms with Crippen molar-refractivity contribution in [2.75, 3.05) is 30.3 Å². The molecule has 0 amide bonds. The third-order valence-corrected chi connectivity index (χ3v) is 5.14. The van der Waals surface area contributed by atoms with Crippen molar-refractivity contribution in [1.82, 2.24) is 0 Å². The standard InChI is InChI=1S/C14H21BrN2S/c1-14(2)10-17(7-8-18-14)13-4-3-11(5-6-16)9-12(13)15/h3-4,9H,5-8,10,16H2,1-2H3. The number of hydrogen-bond acceptors (Lipinski definition) is 3. The smallest absolute Gasteiger partial charge is 0.0511 e. The largest absolute Gasteiger partial charge is 0.368 e. The molecule has 18 heavy (non-hydrogen) atoms. The molecule has 0 saturated carbocycles. The first-order valence-electron chi connectivity index (χ1n) is 6.39. The van der Waals surface area contributed by atoms with Crippen LogP contribution in [0.2, 0.25) is 0 Å². The maximum absolute atomic E-state index is 5.60. The van der Waals surface area contributed by atoms with Crippen LogP contribution >= 0.6 is 27.7 Å². The Morgan fingerprint density at radius 3 is 2.83 bits per heavy atom. The average molecular weight is 329 g/mol. The summed E-state index contributed by atoms with van der Waals surface area (Å²) in [6.45, 7) is 7.58. The number of halogens is 1. The lowest BCUT2D eigenvalue weighted by atomic mass is 10.1. The first-order valence-corrected chi connectivity index (χ1v) is 8.17. The predicted molar refractivity (Wildman–Crippen MR) is 85.7 cm³/mol. The fourth-order valence-corrected chi connectivity index (χ4v) is 4.14. The summed E-state index contributed by atoms with van der Waals surface area (Å²) in [6.07, 6.45) is 0.945. The summed E-state index contributed by atoms with van der Waals surface area (Å²) < 4.78 is 1.53. The molecule has 0 unspecified atom stereocenters. The molecule has 2 N–H and O–H groups in total. The van der Waals surface area contributed by atoms with Crippen molar-refractivity contribution in [3.63, 3.8) is 0 Å². The van der Waals surface area contributed by atoms with Gasteiger partial charge >= 0.3 is 0 Å². The zero-order valence-electron chi connectivity index (χ0n) is 11.1. The number of rotatable bonds is 3. The van der Waals surface area contributed by atoms with Gasteiger partial charge in [-0.3, -0.25) is 0 Å². The molecule has 0 atom stereocenters. The van der Waals surface area contributed by atoms with Crippen LogP contribution in [0.5, 0.6) is 0 Å². The normalized spacial score (nSPS) is 19.0. The molecule has 1 heterocycles. The molecule has 0 aliphatic carbocycles. The van der Waals surface area contributed by atoms with E-state index in [9.17, 15) is 0 Å². The van der Waals surface area contributed by atoms with Gasteiger partial charge in [-0.25, -0.2) is 0 Å². The molecular formula is C14H21BrN2S. The van der Waals surface area contributed by atoms with Crippen LogP contribution in [-0.2, 0) is 6.42 Å². The Hall–Kier alpha value is -0.190. The van der Waals surface area contributed by atoms with Gasteiger partial charge in [0.05, 0.1) is 5.69 Å². The number of nitrogens with two attached hydrogens (primary N) is 1. The highest BCUT2D eigenvalue weighted by atomic mass is 79.9. The summed E-state index contributed by atoms with van der Waals surface area (Å²) in [5.41, 5.74) is 8.21. The monoisotopic (exact) mass is 328 g/mol. The number of hydrogen-bond donors (Lipinski definition) is 1. The predicted octanol–water partition coefficient (Wildman–Crippen LogP) is 3.28. The summed E-state index contributed by atoms with van der Waals surface area (Å²) >= 11 is 5.76. The van der Waals surface area contributed by atoms with E-state index in [1.54, 1.807) is 0 Å². The van der Waals surface area contributed by atoms with Gasteiger partial charge in [0.2, 0.25) is 0 Å². The minimum Gasteiger partial charge on any atom is -0.368 e. The van der Waals surface area contributed by atoms with E-state index in [1.165, 1.54) is 21.5 Å². The van der Waals surface area contributed by atoms with Crippen molar-refractivity contribution in [2.24, 2.45) is 5.73 Å². The molecule has 0 spiro atoms. The Labute approximate surface area is 122 Å². The number of thioether (sulfide) groups is 1. The van der Waals surface area contributed by atoms with Crippen molar-refractivity contribution in [2.45, 2.75) is 25.0 Å². The Balaban J connectivity index is 2.18. The molecular weight excluding hydrogens is 308 g/mol. The Morgan fingerprint density at radius 2 is 2.22 bits per heavy atom. The van der Waals surface area contributed by atoms with E-state index in [0.29, 0.717) is 11.3 Å². The minimum atomic E-state index is 0.341. The van der Waals surface area contributed by atoms with Crippen molar-refractivity contribution in [3.8, 4) is 0 Å². The van der Waals surface area contributed by atoms with Gasteiger partial charge in [-0.05, 0) is 60.4 Å². The number of benzene rings is 1. The topological polar surface area (TPSA) is 29.3 Å². The third-order valence-electron chi connectivity index (χ3n) is 3.21. The second kappa shape index (κ2) is 5.85. The molecule has 0 radical (unpaired) electrons. The van der Waals surface area contributed by atoms with Crippen LogP contribution in [0.1, 0.15) is 19.4 Å². The zero-order chi connectivity index (χ0) is 13.2. The van der Waals surface area contributed by atoms with Gasteiger partial charge < -0.3 is 10.6 Å². The van der Waals surface area contributed by atoms with Gasteiger partial charge in [-0.2, -0.15) is 11.8 Å². The first kappa shape index (κ1) is 14.2. The summed E-state index contributed by atoms with van der Waals surface area (Å²) in [5, 5.41) is 0. The van der Waals surface area contributed by atoms with Crippen LogP contribution in [-0.4, -0.2) is 30.1 Å². The van der Waals surface area contributed by atoms with E-state index in [4.69, 9.17) is 5.73 Å². The van der Waals surface area contributed by atoms with Crippen molar-refractivity contribution >= 4 is 33.4 Å². The molecule has 1 saturated heterocycles. The highest BCUT2D eigenvalue weighted by molar-refractivity contribution is 9.10. The van der Waals surface area contributed by atoms with Gasteiger partial charge in [-0.15, -0.1) is 0 Å². The maximum Gasteiger partial charge on any atom is 0.0511 e. The summed E-state index contributed by atoms with van der Waals surface area (Å²) in [7, 11) is 0. The molecule has 2 nitrogen and oxygen atoms in total. The van der Waals surface area contributed by atoms with Gasteiger partial charge in [0.25, 0.3) is 0 Å². The molecule has 100 valence electrons. The minimum absolute atomic E-state index is 0.341. The summed E-state index contributed by atoms with van der Waals surface area (Å²) in [4.78, 5) is 2.48. The SMILES string of the molecule is CC1(C)CN(c2ccc(CCN)cc2Br)CCS1. The Bertz CT molecular complexity index is 420. The van der Waals surface area contributed by atoms with Gasteiger partial charge in [-0.1, -0.05) is 6.07 Å². The van der Waals surface area contributed by atoms with Crippen LogP contribution in [0.3, 0.4) is 0 Å². The van der Waals surface area contributed by atoms with E-state index >= 15 is 0 Å². The van der Waals surface area contributed by atoms with Crippen molar-refractivity contribution in [1.29, 1.82) is 0 Å². The van der Waals surface area contributed by atoms with Crippen LogP contribution in [0, 0.1) is 0 Å². The number of nitrogens with zero attached hydrogens (tertiary/aromatic N) is 1. The maximum atomic E-state index is 5.60. The van der Waals surface area contributed by atoms with E-state index in [2.05, 4.69) is 64.6 Å². The molecule has 1 aromatic carbocycles. The molecule has 0 aromatic heterocycles. The molecule has 1 aromatic rings. The van der Waals surface area contributed by atoms with Crippen LogP contribution < -0.4 is 10.6 Å². The lowest BCUT2D eigenvalue weighted by Gasteiger charge is -2.39. The molecule has 2 rings (SSSR count). The van der Waals surface area contributed by atoms with E-state index < -0.39 is 0 Å². The summed E-state index contributed by atoms with van der Waals surface area (Å²) in [5.74, 6) is 1.20. The van der Waals surface area contributed by atoms with Gasteiger partial charge in [0.1, 0.15) is 0 Å². The van der Waals surface area contributed by atoms with Crippen molar-refractivity contribution in [3.05, 3.63) is 28.2 Å². The second-order valence-electron chi connectivity index (χ2n) is 5.35. The molecule has 1 aliphatic rings. The van der Waals surface area contributed by atoms with Crippen LogP contribution in [0.25, 0.3) is 0 Å². The van der Waals surface area contributed by atoms with E-state index in [-0.39, 0.29) is 0 Å². The average Bonchev–Trinajstić information content (AvgIpc) is 2.28. The first-order chi connectivity index (χ1) is 8.52. The molecule has 4 heteroatoms. The Kier molecular flexibility index (Phi) is 4.62. The zero-order valence-corrected chi connectivity index (χ0v) is 13.5. The Morgan fingerprint density at radius 1 is 1.44 bits per heavy atom. The second-order valence-corrected chi connectivity index (χ2v) is 8.01. The lowest BCUT2D eigenvalue weighted by molar-refractivity contribution is 0.647. The fourth-order valence-electron chi connectivity index (χ4n) is 2.35. The molecule has 1 aliphatic heterocycles.